The predicted octanol–water partition coefficient (Wildman–Crippen LogP) is 6.65. The van der Waals surface area contributed by atoms with E-state index in [4.69, 9.17) is 18.9 Å². The van der Waals surface area contributed by atoms with E-state index in [2.05, 4.69) is 20.4 Å². The fourth-order valence-corrected chi connectivity index (χ4v) is 5.53. The summed E-state index contributed by atoms with van der Waals surface area (Å²) in [5.41, 5.74) is -1.62. The van der Waals surface area contributed by atoms with Crippen LogP contribution in [0.5, 0.6) is 0 Å². The highest BCUT2D eigenvalue weighted by molar-refractivity contribution is 5.70. The number of esters is 2. The summed E-state index contributed by atoms with van der Waals surface area (Å²) in [4.78, 5) is 65.4. The minimum atomic E-state index is -0.654. The first-order valence-corrected chi connectivity index (χ1v) is 19.2. The molecule has 0 saturated carbocycles. The van der Waals surface area contributed by atoms with Crippen molar-refractivity contribution in [2.45, 2.75) is 138 Å². The number of ether oxygens (including phenoxy) is 4. The van der Waals surface area contributed by atoms with Crippen molar-refractivity contribution in [3.63, 3.8) is 0 Å². The molecule has 15 nitrogen and oxygen atoms in total. The zero-order chi connectivity index (χ0) is 42.0. The number of carbonyl (C=O) groups excluding carboxylic acids is 4. The van der Waals surface area contributed by atoms with Gasteiger partial charge in [0, 0.05) is 64.2 Å². The smallest absolute Gasteiger partial charge is 0.407 e. The SMILES string of the molecule is CC(C)(C)OC(=O)CCCN(CCNC(=O)OC(C)(C)C)CC(Cc1ccc([N+](=O)[O-])cc1)CN(CCCC(=O)OC(C)(C)C)CCNC(=O)OC(C)(C)C. The van der Waals surface area contributed by atoms with Gasteiger partial charge in [-0.2, -0.15) is 0 Å². The van der Waals surface area contributed by atoms with Crippen LogP contribution < -0.4 is 10.6 Å². The Balaban J connectivity index is 3.34. The van der Waals surface area contributed by atoms with Crippen LogP contribution in [0.25, 0.3) is 0 Å². The van der Waals surface area contributed by atoms with Gasteiger partial charge >= 0.3 is 24.1 Å². The standard InChI is InChI=1S/C40H69N5O10/c1-37(2,3)52-33(46)15-13-23-43(25-21-41-35(48)54-39(7,8)9)28-31(27-30-17-19-32(20-18-30)45(50)51)29-44(24-14-16-34(47)53-38(4,5)6)26-22-42-36(49)55-40(10,11)12/h17-20,31H,13-16,21-29H2,1-12H3,(H,41,48)(H,42,49). The van der Waals surface area contributed by atoms with E-state index in [1.165, 1.54) is 12.1 Å². The van der Waals surface area contributed by atoms with Crippen molar-refractivity contribution in [3.05, 3.63) is 39.9 Å². The highest BCUT2D eigenvalue weighted by Gasteiger charge is 2.23. The first-order valence-electron chi connectivity index (χ1n) is 19.2. The Labute approximate surface area is 328 Å². The molecule has 0 aliphatic rings. The molecule has 0 aromatic heterocycles. The van der Waals surface area contributed by atoms with Gasteiger partial charge in [-0.15, -0.1) is 0 Å². The molecule has 1 aromatic carbocycles. The number of alkyl carbamates (subject to hydrolysis) is 2. The monoisotopic (exact) mass is 780 g/mol. The lowest BCUT2D eigenvalue weighted by Gasteiger charge is -2.32. The Morgan fingerprint density at radius 3 is 1.31 bits per heavy atom. The molecule has 1 rings (SSSR count). The summed E-state index contributed by atoms with van der Waals surface area (Å²) in [6.07, 6.45) is 0.966. The van der Waals surface area contributed by atoms with Crippen molar-refractivity contribution in [3.8, 4) is 0 Å². The largest absolute Gasteiger partial charge is 0.460 e. The number of nitro benzene ring substituents is 1. The van der Waals surface area contributed by atoms with Gasteiger partial charge in [0.25, 0.3) is 5.69 Å². The number of nitrogens with zero attached hydrogens (tertiary/aromatic N) is 3. The highest BCUT2D eigenvalue weighted by Crippen LogP contribution is 2.19. The third-order valence-electron chi connectivity index (χ3n) is 7.45. The molecule has 1 aromatic rings. The summed E-state index contributed by atoms with van der Waals surface area (Å²) in [7, 11) is 0. The Morgan fingerprint density at radius 2 is 0.982 bits per heavy atom. The molecular weight excluding hydrogens is 710 g/mol. The summed E-state index contributed by atoms with van der Waals surface area (Å²) >= 11 is 0. The number of hydrogen-bond donors (Lipinski definition) is 2. The molecule has 0 heterocycles. The number of nitro groups is 1. The lowest BCUT2D eigenvalue weighted by molar-refractivity contribution is -0.384. The Hall–Kier alpha value is -3.98. The maximum atomic E-state index is 12.6. The molecule has 55 heavy (non-hydrogen) atoms. The van der Waals surface area contributed by atoms with Crippen LogP contribution in [0.15, 0.2) is 24.3 Å². The van der Waals surface area contributed by atoms with Crippen molar-refractivity contribution >= 4 is 29.8 Å². The van der Waals surface area contributed by atoms with Crippen molar-refractivity contribution in [1.29, 1.82) is 0 Å². The number of non-ortho nitro benzene ring substituents is 1. The Kier molecular flexibility index (Phi) is 20.1. The van der Waals surface area contributed by atoms with Gasteiger partial charge in [0.05, 0.1) is 4.92 Å². The number of nitrogens with one attached hydrogen (secondary N) is 2. The average Bonchev–Trinajstić information content (AvgIpc) is 2.97. The maximum absolute atomic E-state index is 12.6. The van der Waals surface area contributed by atoms with Gasteiger partial charge < -0.3 is 39.4 Å². The van der Waals surface area contributed by atoms with Crippen LogP contribution in [0, 0.1) is 16.0 Å². The molecule has 0 atom stereocenters. The van der Waals surface area contributed by atoms with E-state index in [1.54, 1.807) is 53.7 Å². The van der Waals surface area contributed by atoms with E-state index < -0.39 is 39.5 Å². The normalized spacial score (nSPS) is 12.4. The Morgan fingerprint density at radius 1 is 0.618 bits per heavy atom. The van der Waals surface area contributed by atoms with Gasteiger partial charge in [0.1, 0.15) is 22.4 Å². The van der Waals surface area contributed by atoms with Crippen LogP contribution in [-0.2, 0) is 35.0 Å². The van der Waals surface area contributed by atoms with Crippen LogP contribution in [0.1, 0.15) is 114 Å². The molecule has 0 radical (unpaired) electrons. The quantitative estimate of drug-likeness (QED) is 0.0588. The summed E-state index contributed by atoms with van der Waals surface area (Å²) in [5.74, 6) is -0.640. The minimum Gasteiger partial charge on any atom is -0.460 e. The average molecular weight is 780 g/mol. The highest BCUT2D eigenvalue weighted by atomic mass is 16.6. The third kappa shape index (κ3) is 26.5. The molecular formula is C40H69N5O10. The number of carbonyl (C=O) groups is 4. The van der Waals surface area contributed by atoms with Crippen LogP contribution in [0.2, 0.25) is 0 Å². The second-order valence-electron chi connectivity index (χ2n) is 17.8. The summed E-state index contributed by atoms with van der Waals surface area (Å²) in [5, 5.41) is 17.0. The fourth-order valence-electron chi connectivity index (χ4n) is 5.53. The fraction of sp³-hybridized carbons (Fsp3) is 0.750. The summed E-state index contributed by atoms with van der Waals surface area (Å²) in [6.45, 7) is 25.4. The first-order chi connectivity index (χ1) is 25.2. The second kappa shape index (κ2) is 22.5. The molecule has 2 amide bonds. The topological polar surface area (TPSA) is 179 Å². The van der Waals surface area contributed by atoms with Crippen LogP contribution >= 0.6 is 0 Å². The van der Waals surface area contributed by atoms with Gasteiger partial charge in [0.15, 0.2) is 0 Å². The van der Waals surface area contributed by atoms with Crippen LogP contribution in [0.3, 0.4) is 0 Å². The van der Waals surface area contributed by atoms with Gasteiger partial charge in [-0.05, 0) is 127 Å². The minimum absolute atomic E-state index is 0.00530. The Bertz CT molecular complexity index is 1220. The van der Waals surface area contributed by atoms with E-state index in [9.17, 15) is 29.3 Å². The van der Waals surface area contributed by atoms with Gasteiger partial charge in [-0.1, -0.05) is 12.1 Å². The zero-order valence-electron chi connectivity index (χ0n) is 35.5. The van der Waals surface area contributed by atoms with Gasteiger partial charge in [0.2, 0.25) is 0 Å². The lowest BCUT2D eigenvalue weighted by Crippen LogP contribution is -2.44. The number of rotatable bonds is 21. The summed E-state index contributed by atoms with van der Waals surface area (Å²) < 4.78 is 21.9. The van der Waals surface area contributed by atoms with E-state index in [0.29, 0.717) is 71.6 Å². The third-order valence-corrected chi connectivity index (χ3v) is 7.45. The molecule has 0 spiro atoms. The van der Waals surface area contributed by atoms with E-state index in [-0.39, 0.29) is 36.4 Å². The van der Waals surface area contributed by atoms with E-state index in [0.717, 1.165) is 5.56 Å². The number of benzene rings is 1. The lowest BCUT2D eigenvalue weighted by atomic mass is 9.97. The summed E-state index contributed by atoms with van der Waals surface area (Å²) in [6, 6.07) is 6.47. The van der Waals surface area contributed by atoms with Crippen LogP contribution in [-0.4, -0.2) is 114 Å². The molecule has 0 aliphatic carbocycles. The molecule has 0 aliphatic heterocycles. The first kappa shape index (κ1) is 49.0. The van der Waals surface area contributed by atoms with Crippen molar-refractivity contribution in [2.24, 2.45) is 5.92 Å². The van der Waals surface area contributed by atoms with E-state index >= 15 is 0 Å². The molecule has 2 N–H and O–H groups in total. The molecule has 0 fully saturated rings. The van der Waals surface area contributed by atoms with Crippen LogP contribution in [0.4, 0.5) is 15.3 Å². The molecule has 15 heteroatoms. The van der Waals surface area contributed by atoms with Gasteiger partial charge in [-0.3, -0.25) is 19.7 Å². The van der Waals surface area contributed by atoms with E-state index in [1.807, 2.05) is 41.5 Å². The molecule has 0 bridgehead atoms. The molecule has 0 saturated heterocycles. The van der Waals surface area contributed by atoms with Crippen molar-refractivity contribution < 1.29 is 43.0 Å². The van der Waals surface area contributed by atoms with Crippen molar-refractivity contribution in [2.75, 3.05) is 52.4 Å². The second-order valence-corrected chi connectivity index (χ2v) is 17.8. The zero-order valence-corrected chi connectivity index (χ0v) is 35.5. The number of amides is 2. The molecule has 314 valence electrons. The molecule has 0 unspecified atom stereocenters. The van der Waals surface area contributed by atoms with Gasteiger partial charge in [-0.25, -0.2) is 9.59 Å². The maximum Gasteiger partial charge on any atom is 0.407 e. The predicted molar refractivity (Wildman–Crippen MR) is 212 cm³/mol. The number of hydrogen-bond acceptors (Lipinski definition) is 12. The van der Waals surface area contributed by atoms with Crippen molar-refractivity contribution in [1.82, 2.24) is 20.4 Å².